The summed E-state index contributed by atoms with van der Waals surface area (Å²) < 4.78 is 73.4. The van der Waals surface area contributed by atoms with Gasteiger partial charge in [0.15, 0.2) is 16.5 Å². The predicted octanol–water partition coefficient (Wildman–Crippen LogP) is 0.982. The van der Waals surface area contributed by atoms with E-state index in [1.807, 2.05) is 0 Å². The molecule has 100 valence electrons. The molecule has 1 aromatic carbocycles. The van der Waals surface area contributed by atoms with Crippen LogP contribution in [0.3, 0.4) is 0 Å². The second-order valence-corrected chi connectivity index (χ2v) is 4.38. The van der Waals surface area contributed by atoms with E-state index in [2.05, 4.69) is 4.74 Å². The highest BCUT2D eigenvalue weighted by atomic mass is 32.2. The average molecular weight is 286 g/mol. The highest BCUT2D eigenvalue weighted by molar-refractivity contribution is 7.86. The monoisotopic (exact) mass is 286 g/mol. The van der Waals surface area contributed by atoms with Crippen LogP contribution in [-0.2, 0) is 14.9 Å². The van der Waals surface area contributed by atoms with Gasteiger partial charge in [-0.3, -0.25) is 9.35 Å². The molecule has 6 nitrogen and oxygen atoms in total. The van der Waals surface area contributed by atoms with Crippen LogP contribution < -0.4 is 4.74 Å². The number of rotatable bonds is 2. The minimum atomic E-state index is -5.40. The molecule has 0 heterocycles. The molecule has 0 spiro atoms. The van der Waals surface area contributed by atoms with Crippen LogP contribution in [0.4, 0.5) is 13.2 Å². The summed E-state index contributed by atoms with van der Waals surface area (Å²) in [5.41, 5.74) is 0. The van der Waals surface area contributed by atoms with Crippen molar-refractivity contribution >= 4 is 16.1 Å². The van der Waals surface area contributed by atoms with Gasteiger partial charge >= 0.3 is 16.1 Å². The third-order valence-corrected chi connectivity index (χ3v) is 2.61. The highest BCUT2D eigenvalue weighted by Gasteiger charge is 2.33. The van der Waals surface area contributed by atoms with Gasteiger partial charge in [-0.1, -0.05) is 0 Å². The van der Waals surface area contributed by atoms with Gasteiger partial charge in [-0.15, -0.1) is 0 Å². The van der Waals surface area contributed by atoms with E-state index < -0.39 is 49.9 Å². The lowest BCUT2D eigenvalue weighted by Gasteiger charge is -2.10. The van der Waals surface area contributed by atoms with E-state index in [4.69, 9.17) is 9.66 Å². The fourth-order valence-corrected chi connectivity index (χ4v) is 1.73. The Bertz CT molecular complexity index is 595. The molecule has 0 atom stereocenters. The Morgan fingerprint density at radius 2 is 1.67 bits per heavy atom. The van der Waals surface area contributed by atoms with E-state index in [0.717, 1.165) is 6.92 Å². The Morgan fingerprint density at radius 1 is 1.17 bits per heavy atom. The normalized spacial score (nSPS) is 11.4. The number of ether oxygens (including phenoxy) is 1. The molecular weight excluding hydrogens is 281 g/mol. The number of hydrogen-bond acceptors (Lipinski definition) is 5. The van der Waals surface area contributed by atoms with Crippen LogP contribution in [0, 0.1) is 17.5 Å². The topological polar surface area (TPSA) is 101 Å². The lowest BCUT2D eigenvalue weighted by molar-refractivity contribution is -0.132. The fraction of sp³-hybridized carbons (Fsp3) is 0.125. The van der Waals surface area contributed by atoms with Crippen molar-refractivity contribution in [1.29, 1.82) is 0 Å². The van der Waals surface area contributed by atoms with E-state index in [1.54, 1.807) is 0 Å². The molecular formula is C8H5F3O6S. The zero-order valence-corrected chi connectivity index (χ0v) is 9.39. The van der Waals surface area contributed by atoms with Crippen molar-refractivity contribution < 1.29 is 40.8 Å². The van der Waals surface area contributed by atoms with Gasteiger partial charge in [-0.05, 0) is 0 Å². The summed E-state index contributed by atoms with van der Waals surface area (Å²) in [5.74, 6) is -11.2. The number of esters is 1. The van der Waals surface area contributed by atoms with Crippen molar-refractivity contribution in [2.45, 2.75) is 11.8 Å². The number of carbonyl (C=O) groups is 1. The van der Waals surface area contributed by atoms with Crippen molar-refractivity contribution in [2.75, 3.05) is 0 Å². The molecule has 0 aromatic heterocycles. The summed E-state index contributed by atoms with van der Waals surface area (Å²) in [6.07, 6.45) is 0. The molecule has 10 heteroatoms. The van der Waals surface area contributed by atoms with Gasteiger partial charge in [0.2, 0.25) is 17.4 Å². The van der Waals surface area contributed by atoms with E-state index in [-0.39, 0.29) is 0 Å². The smallest absolute Gasteiger partial charge is 0.308 e. The van der Waals surface area contributed by atoms with E-state index in [9.17, 15) is 26.4 Å². The number of phenols is 1. The van der Waals surface area contributed by atoms with Gasteiger partial charge in [0.25, 0.3) is 0 Å². The molecule has 18 heavy (non-hydrogen) atoms. The van der Waals surface area contributed by atoms with Crippen LogP contribution in [0.25, 0.3) is 0 Å². The third kappa shape index (κ3) is 2.38. The number of carbonyl (C=O) groups excluding carboxylic acids is 1. The molecule has 0 unspecified atom stereocenters. The minimum absolute atomic E-state index is 0.741. The van der Waals surface area contributed by atoms with E-state index in [0.29, 0.717) is 0 Å². The molecule has 0 amide bonds. The zero-order chi connectivity index (χ0) is 14.2. The summed E-state index contributed by atoms with van der Waals surface area (Å²) in [5, 5.41) is 9.02. The maximum Gasteiger partial charge on any atom is 0.308 e. The lowest BCUT2D eigenvalue weighted by atomic mass is 10.2. The zero-order valence-electron chi connectivity index (χ0n) is 8.57. The molecule has 2 N–H and O–H groups in total. The van der Waals surface area contributed by atoms with Gasteiger partial charge < -0.3 is 9.84 Å². The Morgan fingerprint density at radius 3 is 2.06 bits per heavy atom. The van der Waals surface area contributed by atoms with Crippen molar-refractivity contribution in [3.05, 3.63) is 17.5 Å². The molecule has 0 saturated carbocycles. The maximum absolute atomic E-state index is 13.3. The number of aromatic hydroxyl groups is 1. The molecule has 0 aliphatic carbocycles. The van der Waals surface area contributed by atoms with Gasteiger partial charge in [-0.2, -0.15) is 17.2 Å². The van der Waals surface area contributed by atoms with Crippen LogP contribution in [0.15, 0.2) is 4.90 Å². The molecule has 0 aliphatic heterocycles. The molecule has 1 rings (SSSR count). The highest BCUT2D eigenvalue weighted by Crippen LogP contribution is 2.37. The summed E-state index contributed by atoms with van der Waals surface area (Å²) in [6, 6.07) is 0. The SMILES string of the molecule is CC(=O)Oc1c(F)c(O)c(S(=O)(=O)O)c(F)c1F. The second-order valence-electron chi connectivity index (χ2n) is 3.02. The average Bonchev–Trinajstić information content (AvgIpc) is 2.19. The maximum atomic E-state index is 13.3. The van der Waals surface area contributed by atoms with Gasteiger partial charge in [0.05, 0.1) is 0 Å². The predicted molar refractivity (Wildman–Crippen MR) is 49.1 cm³/mol. The first-order chi connectivity index (χ1) is 8.07. The third-order valence-electron chi connectivity index (χ3n) is 1.72. The minimum Gasteiger partial charge on any atom is -0.504 e. The standard InChI is InChI=1S/C8H5F3O6S/c1-2(12)17-7-3(9)4(10)8(18(14,15)16)6(13)5(7)11/h13H,1H3,(H,14,15,16). The van der Waals surface area contributed by atoms with Gasteiger partial charge in [-0.25, -0.2) is 4.39 Å². The second kappa shape index (κ2) is 4.46. The van der Waals surface area contributed by atoms with Gasteiger partial charge in [0, 0.05) is 6.92 Å². The molecule has 0 saturated heterocycles. The van der Waals surface area contributed by atoms with Crippen molar-refractivity contribution in [3.63, 3.8) is 0 Å². The van der Waals surface area contributed by atoms with Crippen LogP contribution in [0.2, 0.25) is 0 Å². The summed E-state index contributed by atoms with van der Waals surface area (Å²) in [4.78, 5) is 8.52. The van der Waals surface area contributed by atoms with Crippen LogP contribution in [0.5, 0.6) is 11.5 Å². The van der Waals surface area contributed by atoms with E-state index >= 15 is 0 Å². The first kappa shape index (κ1) is 14.3. The van der Waals surface area contributed by atoms with Crippen LogP contribution >= 0.6 is 0 Å². The molecule has 0 radical (unpaired) electrons. The number of phenolic OH excluding ortho intramolecular Hbond substituents is 1. The fourth-order valence-electron chi connectivity index (χ4n) is 1.08. The summed E-state index contributed by atoms with van der Waals surface area (Å²) in [7, 11) is -5.40. The van der Waals surface area contributed by atoms with Crippen LogP contribution in [0.1, 0.15) is 6.92 Å². The molecule has 0 bridgehead atoms. The Hall–Kier alpha value is -1.81. The van der Waals surface area contributed by atoms with Crippen LogP contribution in [-0.4, -0.2) is 24.0 Å². The Labute approximate surface area is 98.4 Å². The molecule has 1 aromatic rings. The molecule has 0 aliphatic rings. The summed E-state index contributed by atoms with van der Waals surface area (Å²) >= 11 is 0. The quantitative estimate of drug-likeness (QED) is 0.364. The number of hydrogen-bond donors (Lipinski definition) is 2. The largest absolute Gasteiger partial charge is 0.504 e. The molecule has 0 fully saturated rings. The Balaban J connectivity index is 3.72. The van der Waals surface area contributed by atoms with E-state index in [1.165, 1.54) is 0 Å². The first-order valence-electron chi connectivity index (χ1n) is 4.12. The van der Waals surface area contributed by atoms with Crippen molar-refractivity contribution in [1.82, 2.24) is 0 Å². The summed E-state index contributed by atoms with van der Waals surface area (Å²) in [6.45, 7) is 0.741. The first-order valence-corrected chi connectivity index (χ1v) is 5.56. The van der Waals surface area contributed by atoms with Crippen molar-refractivity contribution in [3.8, 4) is 11.5 Å². The Kier molecular flexibility index (Phi) is 3.53. The number of halogens is 3. The number of benzene rings is 1. The van der Waals surface area contributed by atoms with Crippen molar-refractivity contribution in [2.24, 2.45) is 0 Å². The lowest BCUT2D eigenvalue weighted by Crippen LogP contribution is -2.11. The van der Waals surface area contributed by atoms with Gasteiger partial charge in [0.1, 0.15) is 0 Å².